The van der Waals surface area contributed by atoms with E-state index in [9.17, 15) is 0 Å². The Morgan fingerprint density at radius 3 is 2.88 bits per heavy atom. The second-order valence-electron chi connectivity index (χ2n) is 3.81. The fourth-order valence-electron chi connectivity index (χ4n) is 1.59. The molecule has 16 heavy (non-hydrogen) atoms. The summed E-state index contributed by atoms with van der Waals surface area (Å²) in [5.74, 6) is 0.498. The Kier molecular flexibility index (Phi) is 3.76. The molecule has 0 aliphatic heterocycles. The van der Waals surface area contributed by atoms with Crippen LogP contribution in [0.5, 0.6) is 0 Å². The zero-order chi connectivity index (χ0) is 11.5. The lowest BCUT2D eigenvalue weighted by atomic mass is 10.0. The first-order valence-electron chi connectivity index (χ1n) is 5.33. The molecule has 1 unspecified atom stereocenters. The van der Waals surface area contributed by atoms with Crippen molar-refractivity contribution in [3.8, 4) is 0 Å². The van der Waals surface area contributed by atoms with Gasteiger partial charge in [-0.2, -0.15) is 0 Å². The van der Waals surface area contributed by atoms with E-state index in [0.717, 1.165) is 18.7 Å². The maximum atomic E-state index is 4.17. The maximum Gasteiger partial charge on any atom is 0.0833 e. The molecule has 0 amide bonds. The summed E-state index contributed by atoms with van der Waals surface area (Å²) >= 11 is 5.28. The Hall–Kier alpha value is -0.680. The Balaban J connectivity index is 2.04. The first-order valence-corrected chi connectivity index (χ1v) is 6.94. The van der Waals surface area contributed by atoms with E-state index >= 15 is 0 Å². The normalized spacial score (nSPS) is 12.9. The van der Waals surface area contributed by atoms with Crippen molar-refractivity contribution < 1.29 is 0 Å². The van der Waals surface area contributed by atoms with Gasteiger partial charge < -0.3 is 0 Å². The quantitative estimate of drug-likeness (QED) is 0.865. The second-order valence-corrected chi connectivity index (χ2v) is 6.31. The molecule has 2 aromatic heterocycles. The van der Waals surface area contributed by atoms with Crippen LogP contribution in [-0.2, 0) is 13.0 Å². The van der Waals surface area contributed by atoms with Gasteiger partial charge in [-0.15, -0.1) is 16.4 Å². The molecule has 0 spiro atoms. The molecule has 1 atom stereocenters. The highest BCUT2D eigenvalue weighted by Crippen LogP contribution is 2.29. The summed E-state index contributed by atoms with van der Waals surface area (Å²) < 4.78 is 3.05. The lowest BCUT2D eigenvalue weighted by molar-refractivity contribution is 0.626. The molecule has 0 aliphatic rings. The zero-order valence-corrected chi connectivity index (χ0v) is 11.8. The van der Waals surface area contributed by atoms with Gasteiger partial charge in [-0.05, 0) is 40.9 Å². The van der Waals surface area contributed by atoms with E-state index in [1.807, 2.05) is 10.9 Å². The van der Waals surface area contributed by atoms with Gasteiger partial charge in [-0.1, -0.05) is 12.1 Å². The van der Waals surface area contributed by atoms with Crippen molar-refractivity contribution in [2.45, 2.75) is 32.7 Å². The molecule has 0 saturated heterocycles. The molecule has 0 saturated carbocycles. The summed E-state index contributed by atoms with van der Waals surface area (Å²) in [4.78, 5) is 1.39. The first-order chi connectivity index (χ1) is 7.69. The summed E-state index contributed by atoms with van der Waals surface area (Å²) in [6, 6.07) is 4.27. The molecule has 0 N–H and O–H groups in total. The Bertz CT molecular complexity index is 463. The topological polar surface area (TPSA) is 30.7 Å². The van der Waals surface area contributed by atoms with Gasteiger partial charge in [0, 0.05) is 24.0 Å². The molecule has 2 rings (SSSR count). The largest absolute Gasteiger partial charge is 0.253 e. The van der Waals surface area contributed by atoms with Gasteiger partial charge in [0.1, 0.15) is 0 Å². The number of hydrogen-bond acceptors (Lipinski definition) is 3. The van der Waals surface area contributed by atoms with Crippen molar-refractivity contribution >= 4 is 27.3 Å². The number of halogens is 1. The van der Waals surface area contributed by atoms with Crippen molar-refractivity contribution in [1.82, 2.24) is 15.0 Å². The van der Waals surface area contributed by atoms with Gasteiger partial charge in [0.25, 0.3) is 0 Å². The number of hydrogen-bond donors (Lipinski definition) is 0. The highest BCUT2D eigenvalue weighted by Gasteiger charge is 2.11. The van der Waals surface area contributed by atoms with Crippen LogP contribution in [0.4, 0.5) is 0 Å². The van der Waals surface area contributed by atoms with Crippen molar-refractivity contribution in [3.05, 3.63) is 32.7 Å². The molecule has 0 fully saturated rings. The molecular weight excluding hydrogens is 286 g/mol. The van der Waals surface area contributed by atoms with Crippen molar-refractivity contribution in [3.63, 3.8) is 0 Å². The Morgan fingerprint density at radius 1 is 1.50 bits per heavy atom. The Morgan fingerprint density at radius 2 is 2.31 bits per heavy atom. The smallest absolute Gasteiger partial charge is 0.0833 e. The van der Waals surface area contributed by atoms with Crippen LogP contribution in [0, 0.1) is 0 Å². The average molecular weight is 300 g/mol. The van der Waals surface area contributed by atoms with E-state index in [4.69, 9.17) is 0 Å². The van der Waals surface area contributed by atoms with Crippen LogP contribution in [0.3, 0.4) is 0 Å². The first kappa shape index (κ1) is 11.8. The third-order valence-corrected chi connectivity index (χ3v) is 4.36. The van der Waals surface area contributed by atoms with Gasteiger partial charge in [0.15, 0.2) is 0 Å². The van der Waals surface area contributed by atoms with Crippen LogP contribution in [0.2, 0.25) is 0 Å². The predicted molar refractivity (Wildman–Crippen MR) is 69.8 cm³/mol. The summed E-state index contributed by atoms with van der Waals surface area (Å²) in [6.45, 7) is 5.17. The monoisotopic (exact) mass is 299 g/mol. The highest BCUT2D eigenvalue weighted by molar-refractivity contribution is 9.11. The molecular formula is C11H14BrN3S. The van der Waals surface area contributed by atoms with E-state index in [1.165, 1.54) is 8.66 Å². The van der Waals surface area contributed by atoms with Crippen molar-refractivity contribution in [1.29, 1.82) is 0 Å². The van der Waals surface area contributed by atoms with Gasteiger partial charge >= 0.3 is 0 Å². The molecule has 0 bridgehead atoms. The minimum atomic E-state index is 0.498. The summed E-state index contributed by atoms with van der Waals surface area (Å²) in [7, 11) is 0. The SMILES string of the molecule is CCn1cc(CC(C)c2ccc(Br)s2)nn1. The van der Waals surface area contributed by atoms with Crippen LogP contribution < -0.4 is 0 Å². The molecule has 0 radical (unpaired) electrons. The summed E-state index contributed by atoms with van der Waals surface area (Å²) in [6.07, 6.45) is 2.98. The van der Waals surface area contributed by atoms with Gasteiger partial charge in [-0.25, -0.2) is 0 Å². The van der Waals surface area contributed by atoms with E-state index in [-0.39, 0.29) is 0 Å². The van der Waals surface area contributed by atoms with E-state index < -0.39 is 0 Å². The number of aryl methyl sites for hydroxylation is 1. The number of rotatable bonds is 4. The maximum absolute atomic E-state index is 4.17. The van der Waals surface area contributed by atoms with Crippen LogP contribution in [-0.4, -0.2) is 15.0 Å². The predicted octanol–water partition coefficient (Wildman–Crippen LogP) is 3.47. The molecule has 5 heteroatoms. The molecule has 2 aromatic rings. The number of nitrogens with zero attached hydrogens (tertiary/aromatic N) is 3. The second kappa shape index (κ2) is 5.10. The minimum Gasteiger partial charge on any atom is -0.253 e. The lowest BCUT2D eigenvalue weighted by Gasteiger charge is -2.05. The van der Waals surface area contributed by atoms with Crippen LogP contribution in [0.15, 0.2) is 22.1 Å². The summed E-state index contributed by atoms with van der Waals surface area (Å²) in [5, 5.41) is 8.21. The minimum absolute atomic E-state index is 0.498. The average Bonchev–Trinajstić information content (AvgIpc) is 2.87. The van der Waals surface area contributed by atoms with E-state index in [1.54, 1.807) is 11.3 Å². The fraction of sp³-hybridized carbons (Fsp3) is 0.455. The molecule has 3 nitrogen and oxygen atoms in total. The lowest BCUT2D eigenvalue weighted by Crippen LogP contribution is -1.96. The van der Waals surface area contributed by atoms with Gasteiger partial charge in [0.05, 0.1) is 9.48 Å². The molecule has 2 heterocycles. The van der Waals surface area contributed by atoms with Gasteiger partial charge in [0.2, 0.25) is 0 Å². The van der Waals surface area contributed by atoms with Gasteiger partial charge in [-0.3, -0.25) is 4.68 Å². The third-order valence-electron chi connectivity index (χ3n) is 2.51. The highest BCUT2D eigenvalue weighted by atomic mass is 79.9. The van der Waals surface area contributed by atoms with E-state index in [0.29, 0.717) is 5.92 Å². The zero-order valence-electron chi connectivity index (χ0n) is 9.35. The standard InChI is InChI=1S/C11H14BrN3S/c1-3-15-7-9(13-14-15)6-8(2)10-4-5-11(12)16-10/h4-5,7-8H,3,6H2,1-2H3. The number of thiophene rings is 1. The summed E-state index contributed by atoms with van der Waals surface area (Å²) in [5.41, 5.74) is 1.07. The molecule has 86 valence electrons. The van der Waals surface area contributed by atoms with E-state index in [2.05, 4.69) is 52.2 Å². The number of aromatic nitrogens is 3. The fourth-order valence-corrected chi connectivity index (χ4v) is 3.07. The van der Waals surface area contributed by atoms with Crippen LogP contribution in [0.25, 0.3) is 0 Å². The van der Waals surface area contributed by atoms with Crippen LogP contribution in [0.1, 0.15) is 30.3 Å². The molecule has 0 aliphatic carbocycles. The Labute approximate surface area is 108 Å². The molecule has 0 aromatic carbocycles. The van der Waals surface area contributed by atoms with Crippen molar-refractivity contribution in [2.24, 2.45) is 0 Å². The third kappa shape index (κ3) is 2.71. The van der Waals surface area contributed by atoms with Crippen molar-refractivity contribution in [2.75, 3.05) is 0 Å². The van der Waals surface area contributed by atoms with Crippen LogP contribution >= 0.6 is 27.3 Å².